The van der Waals surface area contributed by atoms with Crippen molar-refractivity contribution < 1.29 is 43.4 Å². The number of likely N-dealkylation sites (tertiary alicyclic amines) is 2. The average Bonchev–Trinajstić information content (AvgIpc) is 3.38. The quantitative estimate of drug-likeness (QED) is 0.304. The molecule has 0 aliphatic carbocycles. The van der Waals surface area contributed by atoms with Crippen LogP contribution in [0.1, 0.15) is 81.1 Å². The first-order valence-electron chi connectivity index (χ1n) is 13.7. The summed E-state index contributed by atoms with van der Waals surface area (Å²) in [6.07, 6.45) is 0.00254. The Balaban J connectivity index is 1.69. The van der Waals surface area contributed by atoms with Crippen LogP contribution in [0.2, 0.25) is 6.32 Å². The minimum absolute atomic E-state index is 0.103. The van der Waals surface area contributed by atoms with Crippen LogP contribution in [0.3, 0.4) is 0 Å². The summed E-state index contributed by atoms with van der Waals surface area (Å²) in [7, 11) is -0.416. The Morgan fingerprint density at radius 2 is 1.67 bits per heavy atom. The van der Waals surface area contributed by atoms with Gasteiger partial charge in [-0.15, -0.1) is 0 Å². The molecule has 220 valence electrons. The maximum Gasteiger partial charge on any atom is 0.457 e. The van der Waals surface area contributed by atoms with Gasteiger partial charge in [0.1, 0.15) is 17.2 Å². The summed E-state index contributed by atoms with van der Waals surface area (Å²) >= 11 is 0. The van der Waals surface area contributed by atoms with E-state index < -0.39 is 71.5 Å². The van der Waals surface area contributed by atoms with E-state index in [4.69, 9.17) is 14.0 Å². The van der Waals surface area contributed by atoms with Crippen LogP contribution in [0.25, 0.3) is 0 Å². The molecule has 0 aromatic rings. The molecule has 3 aliphatic heterocycles. The number of ether oxygens (including phenoxy) is 1. The van der Waals surface area contributed by atoms with E-state index in [1.807, 2.05) is 27.7 Å². The minimum Gasteiger partial charge on any atom is -0.479 e. The van der Waals surface area contributed by atoms with E-state index in [1.54, 1.807) is 20.8 Å². The van der Waals surface area contributed by atoms with Crippen molar-refractivity contribution in [3.63, 3.8) is 0 Å². The highest BCUT2D eigenvalue weighted by Crippen LogP contribution is 2.47. The standard InChI is InChI=1S/C26H44BN3O9/c1-16(28-21(34)37-23(2,3)4)19(31)29-14-11-17-18(29)15-30(22(35)36)26(17,20(32)33)12-9-10-13-27-38-24(5,6)25(7,8)39-27/h16-18H,9-15H2,1-8H3,(H,28,34)(H,32,33)(H,35,36)/t16-,17-,18-,26+/m0/s1. The van der Waals surface area contributed by atoms with Crippen molar-refractivity contribution in [1.29, 1.82) is 0 Å². The van der Waals surface area contributed by atoms with Crippen molar-refractivity contribution in [3.05, 3.63) is 0 Å². The van der Waals surface area contributed by atoms with Crippen LogP contribution < -0.4 is 5.32 Å². The van der Waals surface area contributed by atoms with E-state index in [-0.39, 0.29) is 19.5 Å². The topological polar surface area (TPSA) is 155 Å². The first kappa shape index (κ1) is 31.0. The van der Waals surface area contributed by atoms with Gasteiger partial charge in [-0.05, 0) is 74.6 Å². The predicted molar refractivity (Wildman–Crippen MR) is 142 cm³/mol. The number of carboxylic acid groups (broad SMARTS) is 2. The number of carbonyl (C=O) groups excluding carboxylic acids is 2. The zero-order chi connectivity index (χ0) is 29.6. The molecule has 0 aromatic heterocycles. The lowest BCUT2D eigenvalue weighted by Crippen LogP contribution is -2.56. The third-order valence-electron chi connectivity index (χ3n) is 8.55. The smallest absolute Gasteiger partial charge is 0.457 e. The summed E-state index contributed by atoms with van der Waals surface area (Å²) in [6.45, 7) is 14.7. The number of hydrogen-bond donors (Lipinski definition) is 3. The van der Waals surface area contributed by atoms with Gasteiger partial charge < -0.3 is 34.5 Å². The lowest BCUT2D eigenvalue weighted by atomic mass is 9.76. The van der Waals surface area contributed by atoms with Gasteiger partial charge in [0.05, 0.1) is 17.2 Å². The Morgan fingerprint density at radius 1 is 1.08 bits per heavy atom. The lowest BCUT2D eigenvalue weighted by Gasteiger charge is -2.36. The number of nitrogens with one attached hydrogen (secondary N) is 1. The second kappa shape index (κ2) is 10.8. The number of unbranched alkanes of at least 4 members (excludes halogenated alkanes) is 1. The highest BCUT2D eigenvalue weighted by atomic mass is 16.7. The number of alkyl carbamates (subject to hydrolysis) is 1. The molecule has 0 aromatic carbocycles. The van der Waals surface area contributed by atoms with Crippen molar-refractivity contribution >= 4 is 31.2 Å². The van der Waals surface area contributed by atoms with Crippen LogP contribution >= 0.6 is 0 Å². The van der Waals surface area contributed by atoms with Gasteiger partial charge >= 0.3 is 25.3 Å². The van der Waals surface area contributed by atoms with Crippen LogP contribution in [0.15, 0.2) is 0 Å². The van der Waals surface area contributed by atoms with Gasteiger partial charge in [-0.2, -0.15) is 0 Å². The number of rotatable bonds is 8. The maximum absolute atomic E-state index is 13.3. The summed E-state index contributed by atoms with van der Waals surface area (Å²) in [4.78, 5) is 53.0. The van der Waals surface area contributed by atoms with Gasteiger partial charge in [0.2, 0.25) is 5.91 Å². The van der Waals surface area contributed by atoms with Gasteiger partial charge in [0.15, 0.2) is 0 Å². The van der Waals surface area contributed by atoms with Crippen molar-refractivity contribution in [2.75, 3.05) is 13.1 Å². The molecule has 0 spiro atoms. The number of carboxylic acids is 1. The van der Waals surface area contributed by atoms with Crippen molar-refractivity contribution in [2.24, 2.45) is 5.92 Å². The molecule has 0 unspecified atom stereocenters. The number of fused-ring (bicyclic) bond motifs is 1. The Bertz CT molecular complexity index is 966. The Morgan fingerprint density at radius 3 is 2.18 bits per heavy atom. The fraction of sp³-hybridized carbons (Fsp3) is 0.846. The van der Waals surface area contributed by atoms with Crippen LogP contribution in [0.5, 0.6) is 0 Å². The van der Waals surface area contributed by atoms with Crippen LogP contribution in [-0.2, 0) is 23.6 Å². The molecule has 3 rings (SSSR count). The fourth-order valence-corrected chi connectivity index (χ4v) is 5.99. The molecule has 0 radical (unpaired) electrons. The molecule has 39 heavy (non-hydrogen) atoms. The van der Waals surface area contributed by atoms with Crippen LogP contribution in [-0.4, -0.2) is 98.7 Å². The number of nitrogens with zero attached hydrogens (tertiary/aromatic N) is 2. The van der Waals surface area contributed by atoms with Crippen molar-refractivity contribution in [1.82, 2.24) is 15.1 Å². The zero-order valence-electron chi connectivity index (χ0n) is 24.4. The summed E-state index contributed by atoms with van der Waals surface area (Å²) in [5.41, 5.74) is -3.31. The highest BCUT2D eigenvalue weighted by Gasteiger charge is 2.64. The molecule has 13 heteroatoms. The molecular formula is C26H44BN3O9. The second-order valence-electron chi connectivity index (χ2n) is 12.9. The normalized spacial score (nSPS) is 28.3. The molecule has 3 N–H and O–H groups in total. The summed E-state index contributed by atoms with van der Waals surface area (Å²) in [6, 6.07) is -1.52. The monoisotopic (exact) mass is 553 g/mol. The largest absolute Gasteiger partial charge is 0.479 e. The van der Waals surface area contributed by atoms with Gasteiger partial charge in [0.25, 0.3) is 0 Å². The zero-order valence-corrected chi connectivity index (χ0v) is 24.4. The van der Waals surface area contributed by atoms with Gasteiger partial charge in [-0.25, -0.2) is 14.4 Å². The van der Waals surface area contributed by atoms with Crippen LogP contribution in [0, 0.1) is 5.92 Å². The first-order chi connectivity index (χ1) is 17.8. The molecule has 3 aliphatic rings. The van der Waals surface area contributed by atoms with E-state index in [9.17, 15) is 29.4 Å². The third-order valence-corrected chi connectivity index (χ3v) is 8.55. The first-order valence-corrected chi connectivity index (χ1v) is 13.7. The average molecular weight is 553 g/mol. The van der Waals surface area contributed by atoms with Crippen molar-refractivity contribution in [3.8, 4) is 0 Å². The number of carbonyl (C=O) groups is 4. The number of hydrogen-bond acceptors (Lipinski definition) is 7. The van der Waals surface area contributed by atoms with Gasteiger partial charge in [0, 0.05) is 19.0 Å². The number of amides is 3. The summed E-state index contributed by atoms with van der Waals surface area (Å²) < 4.78 is 17.3. The Labute approximate surface area is 230 Å². The molecule has 12 nitrogen and oxygen atoms in total. The molecule has 3 amide bonds. The SMILES string of the molecule is C[C@H](NC(=O)OC(C)(C)C)C(=O)N1CC[C@H]2[C@@H]1CN(C(=O)O)[C@@]2(CCCCB1OC(C)(C)C(C)(C)O1)C(=O)O. The minimum atomic E-state index is -1.65. The molecule has 0 bridgehead atoms. The van der Waals surface area contributed by atoms with E-state index in [0.717, 1.165) is 4.90 Å². The van der Waals surface area contributed by atoms with Crippen molar-refractivity contribution in [2.45, 2.75) is 122 Å². The third kappa shape index (κ3) is 6.13. The highest BCUT2D eigenvalue weighted by molar-refractivity contribution is 6.45. The van der Waals surface area contributed by atoms with E-state index in [2.05, 4.69) is 5.32 Å². The summed E-state index contributed by atoms with van der Waals surface area (Å²) in [5.74, 6) is -2.18. The molecule has 3 saturated heterocycles. The second-order valence-corrected chi connectivity index (χ2v) is 12.9. The Hall–Kier alpha value is -2.54. The van der Waals surface area contributed by atoms with Gasteiger partial charge in [-0.3, -0.25) is 9.69 Å². The van der Waals surface area contributed by atoms with Gasteiger partial charge in [-0.1, -0.05) is 12.8 Å². The number of aliphatic carboxylic acids is 1. The predicted octanol–water partition coefficient (Wildman–Crippen LogP) is 3.20. The Kier molecular flexibility index (Phi) is 8.58. The molecule has 3 fully saturated rings. The summed E-state index contributed by atoms with van der Waals surface area (Å²) in [5, 5.41) is 22.9. The van der Waals surface area contributed by atoms with E-state index in [0.29, 0.717) is 25.6 Å². The molecule has 3 heterocycles. The molecular weight excluding hydrogens is 509 g/mol. The molecule has 0 saturated carbocycles. The maximum atomic E-state index is 13.3. The van der Waals surface area contributed by atoms with Crippen LogP contribution in [0.4, 0.5) is 9.59 Å². The molecule has 4 atom stereocenters. The van der Waals surface area contributed by atoms with E-state index >= 15 is 0 Å². The van der Waals surface area contributed by atoms with E-state index in [1.165, 1.54) is 11.8 Å². The lowest BCUT2D eigenvalue weighted by molar-refractivity contribution is -0.151. The fourth-order valence-electron chi connectivity index (χ4n) is 5.99.